The zero-order valence-electron chi connectivity index (χ0n) is 19.7. The molecule has 1 saturated carbocycles. The maximum Gasteiger partial charge on any atom is 0.406 e. The van der Waals surface area contributed by atoms with Crippen LogP contribution in [-0.2, 0) is 5.54 Å². The molecule has 5 rings (SSSR count). The number of hydrogen-bond acceptors (Lipinski definition) is 6. The molecule has 3 aromatic heterocycles. The van der Waals surface area contributed by atoms with E-state index in [1.54, 1.807) is 6.20 Å². The molecule has 190 valence electrons. The van der Waals surface area contributed by atoms with Crippen LogP contribution in [0.1, 0.15) is 19.3 Å². The maximum atomic E-state index is 12.6. The van der Waals surface area contributed by atoms with E-state index in [0.717, 1.165) is 35.1 Å². The van der Waals surface area contributed by atoms with Gasteiger partial charge in [-0.1, -0.05) is 0 Å². The van der Waals surface area contributed by atoms with Gasteiger partial charge in [-0.25, -0.2) is 14.8 Å². The Morgan fingerprint density at radius 1 is 1.28 bits per heavy atom. The number of rotatable bonds is 5. The van der Waals surface area contributed by atoms with Crippen LogP contribution in [0.15, 0.2) is 31.0 Å². The van der Waals surface area contributed by atoms with Gasteiger partial charge in [0.05, 0.1) is 29.9 Å². The average molecular weight is 502 g/mol. The maximum absolute atomic E-state index is 12.6. The van der Waals surface area contributed by atoms with Crippen molar-refractivity contribution in [3.05, 3.63) is 31.0 Å². The second-order valence-corrected chi connectivity index (χ2v) is 9.53. The molecule has 1 aliphatic carbocycles. The van der Waals surface area contributed by atoms with Crippen LogP contribution in [0.3, 0.4) is 0 Å². The minimum Gasteiger partial charge on any atom is -0.346 e. The Balaban J connectivity index is 1.22. The highest BCUT2D eigenvalue weighted by Gasteiger charge is 2.49. The van der Waals surface area contributed by atoms with Crippen molar-refractivity contribution in [2.45, 2.75) is 37.0 Å². The first kappa shape index (κ1) is 24.1. The number of alkyl halides is 3. The summed E-state index contributed by atoms with van der Waals surface area (Å²) in [6.45, 7) is 0.636. The van der Waals surface area contributed by atoms with Crippen molar-refractivity contribution in [3.63, 3.8) is 0 Å². The van der Waals surface area contributed by atoms with Gasteiger partial charge in [-0.15, -0.1) is 0 Å². The molecule has 13 heteroatoms. The van der Waals surface area contributed by atoms with E-state index in [-0.39, 0.29) is 6.04 Å². The number of carbonyl (C=O) groups excluding carboxylic acids is 1. The summed E-state index contributed by atoms with van der Waals surface area (Å²) in [6.07, 6.45) is 4.34. The molecule has 0 unspecified atom stereocenters. The van der Waals surface area contributed by atoms with E-state index in [1.807, 2.05) is 23.1 Å². The van der Waals surface area contributed by atoms with Crippen LogP contribution in [0, 0.1) is 11.3 Å². The Bertz CT molecular complexity index is 1280. The highest BCUT2D eigenvalue weighted by Crippen LogP contribution is 2.45. The molecule has 10 nitrogen and oxygen atoms in total. The fraction of sp³-hybridized carbons (Fsp3) is 0.522. The molecular formula is C23H26F3N9O. The lowest BCUT2D eigenvalue weighted by Crippen LogP contribution is -2.61. The fourth-order valence-corrected chi connectivity index (χ4v) is 5.30. The Labute approximate surface area is 205 Å². The summed E-state index contributed by atoms with van der Waals surface area (Å²) in [4.78, 5) is 28.5. The van der Waals surface area contributed by atoms with Gasteiger partial charge in [0, 0.05) is 62.6 Å². The molecule has 0 atom stereocenters. The van der Waals surface area contributed by atoms with Crippen molar-refractivity contribution in [2.24, 2.45) is 0 Å². The number of aromatic amines is 1. The number of hydrogen-bond donors (Lipinski definition) is 1. The van der Waals surface area contributed by atoms with Crippen LogP contribution in [0.5, 0.6) is 0 Å². The zero-order valence-corrected chi connectivity index (χ0v) is 19.7. The van der Waals surface area contributed by atoms with Gasteiger partial charge >= 0.3 is 12.2 Å². The number of nitriles is 1. The molecular weight excluding hydrogens is 475 g/mol. The summed E-state index contributed by atoms with van der Waals surface area (Å²) in [5, 5.41) is 15.0. The van der Waals surface area contributed by atoms with Gasteiger partial charge in [0.1, 0.15) is 18.5 Å². The van der Waals surface area contributed by atoms with Gasteiger partial charge in [-0.2, -0.15) is 23.5 Å². The van der Waals surface area contributed by atoms with Gasteiger partial charge < -0.3 is 14.8 Å². The van der Waals surface area contributed by atoms with Gasteiger partial charge in [0.15, 0.2) is 0 Å². The van der Waals surface area contributed by atoms with Crippen molar-refractivity contribution in [3.8, 4) is 17.3 Å². The van der Waals surface area contributed by atoms with Crippen molar-refractivity contribution in [1.29, 1.82) is 5.26 Å². The number of piperazine rings is 1. The molecule has 1 N–H and O–H groups in total. The van der Waals surface area contributed by atoms with Crippen LogP contribution < -0.4 is 0 Å². The zero-order chi connectivity index (χ0) is 25.5. The quantitative estimate of drug-likeness (QED) is 0.576. The first-order valence-electron chi connectivity index (χ1n) is 11.7. The van der Waals surface area contributed by atoms with E-state index < -0.39 is 24.3 Å². The highest BCUT2D eigenvalue weighted by molar-refractivity contribution is 5.90. The van der Waals surface area contributed by atoms with Gasteiger partial charge in [-0.05, 0) is 18.9 Å². The van der Waals surface area contributed by atoms with Gasteiger partial charge in [-0.3, -0.25) is 9.58 Å². The third-order valence-electron chi connectivity index (χ3n) is 7.18. The Morgan fingerprint density at radius 3 is 2.72 bits per heavy atom. The second kappa shape index (κ2) is 9.09. The first-order valence-corrected chi connectivity index (χ1v) is 11.7. The minimum atomic E-state index is -4.42. The lowest BCUT2D eigenvalue weighted by molar-refractivity contribution is -0.138. The lowest BCUT2D eigenvalue weighted by atomic mass is 9.70. The molecule has 1 saturated heterocycles. The van der Waals surface area contributed by atoms with Crippen LogP contribution in [-0.4, -0.2) is 97.5 Å². The number of nitrogens with zero attached hydrogens (tertiary/aromatic N) is 8. The smallest absolute Gasteiger partial charge is 0.346 e. The molecule has 1 aliphatic heterocycles. The van der Waals surface area contributed by atoms with Crippen LogP contribution in [0.4, 0.5) is 18.0 Å². The van der Waals surface area contributed by atoms with Crippen molar-refractivity contribution < 1.29 is 18.0 Å². The van der Waals surface area contributed by atoms with E-state index in [4.69, 9.17) is 0 Å². The van der Waals surface area contributed by atoms with Crippen molar-refractivity contribution >= 4 is 17.1 Å². The second-order valence-electron chi connectivity index (χ2n) is 9.53. The third kappa shape index (κ3) is 4.48. The van der Waals surface area contributed by atoms with E-state index in [0.29, 0.717) is 37.5 Å². The van der Waals surface area contributed by atoms with E-state index in [2.05, 4.69) is 31.0 Å². The Morgan fingerprint density at radius 2 is 2.03 bits per heavy atom. The summed E-state index contributed by atoms with van der Waals surface area (Å²) >= 11 is 0. The number of halogens is 3. The number of urea groups is 1. The Kier molecular flexibility index (Phi) is 6.07. The van der Waals surface area contributed by atoms with Crippen LogP contribution in [0.25, 0.3) is 22.3 Å². The largest absolute Gasteiger partial charge is 0.406 e. The predicted molar refractivity (Wildman–Crippen MR) is 124 cm³/mol. The van der Waals surface area contributed by atoms with Crippen LogP contribution in [0.2, 0.25) is 0 Å². The van der Waals surface area contributed by atoms with Crippen molar-refractivity contribution in [1.82, 2.24) is 39.4 Å². The summed E-state index contributed by atoms with van der Waals surface area (Å²) in [5.74, 6) is 0. The minimum absolute atomic E-state index is 0.214. The molecule has 3 aromatic rings. The van der Waals surface area contributed by atoms with Crippen LogP contribution >= 0.6 is 0 Å². The number of amides is 2. The van der Waals surface area contributed by atoms with Gasteiger partial charge in [0.25, 0.3) is 0 Å². The molecule has 0 bridgehead atoms. The van der Waals surface area contributed by atoms with Gasteiger partial charge in [0.2, 0.25) is 0 Å². The topological polar surface area (TPSA) is 110 Å². The number of nitrogens with one attached hydrogen (secondary N) is 1. The normalized spacial score (nSPS) is 22.9. The summed E-state index contributed by atoms with van der Waals surface area (Å²) in [5.41, 5.74) is 1.93. The summed E-state index contributed by atoms with van der Waals surface area (Å²) in [6, 6.07) is 3.82. The SMILES string of the molecule is CN(CC(F)(F)F)C(=O)N1CCN([C@H]2C[C@](CC#N)(n3cc(-c4ncnc5[nH]ccc45)cn3)C2)CC1. The molecule has 2 fully saturated rings. The average Bonchev–Trinajstić information content (AvgIpc) is 3.49. The molecule has 0 aromatic carbocycles. The fourth-order valence-electron chi connectivity index (χ4n) is 5.30. The molecule has 0 radical (unpaired) electrons. The molecule has 36 heavy (non-hydrogen) atoms. The lowest BCUT2D eigenvalue weighted by Gasteiger charge is -2.52. The van der Waals surface area contributed by atoms with Crippen molar-refractivity contribution in [2.75, 3.05) is 39.8 Å². The first-order chi connectivity index (χ1) is 17.2. The molecule has 2 aliphatic rings. The van der Waals surface area contributed by atoms with E-state index >= 15 is 0 Å². The third-order valence-corrected chi connectivity index (χ3v) is 7.18. The van der Waals surface area contributed by atoms with E-state index in [9.17, 15) is 23.2 Å². The number of fused-ring (bicyclic) bond motifs is 1. The molecule has 0 spiro atoms. The standard InChI is InChI=1S/C23H26F3N9O/c1-32(14-23(24,25)26)21(36)34-8-6-33(7-9-34)17-10-22(11-17,3-4-27)35-13-16(12-31-35)19-18-2-5-28-20(18)30-15-29-19/h2,5,12-13,15,17H,3,6-11,14H2,1H3,(H,28,29,30)/t17-,22-. The molecule has 2 amide bonds. The number of H-pyrrole nitrogens is 1. The van der Waals surface area contributed by atoms with E-state index in [1.165, 1.54) is 18.3 Å². The predicted octanol–water partition coefficient (Wildman–Crippen LogP) is 2.82. The highest BCUT2D eigenvalue weighted by atomic mass is 19.4. The summed E-state index contributed by atoms with van der Waals surface area (Å²) in [7, 11) is 1.17. The monoisotopic (exact) mass is 501 g/mol. The number of carbonyl (C=O) groups is 1. The number of aromatic nitrogens is 5. The molecule has 4 heterocycles. The Hall–Kier alpha value is -3.66. The summed E-state index contributed by atoms with van der Waals surface area (Å²) < 4.78 is 39.7.